The number of fused-ring (bicyclic) bond motifs is 3. The second-order valence-corrected chi connectivity index (χ2v) is 7.05. The zero-order valence-corrected chi connectivity index (χ0v) is 17.1. The second kappa shape index (κ2) is 9.13. The highest BCUT2D eigenvalue weighted by Gasteiger charge is 2.18. The first-order chi connectivity index (χ1) is 14.0. The minimum atomic E-state index is -0.597. The van der Waals surface area contributed by atoms with Gasteiger partial charge in [-0.1, -0.05) is 48.5 Å². The number of para-hydroxylation sites is 1. The normalized spacial score (nSPS) is 12.0. The number of carbonyl (C=O) groups is 1. The van der Waals surface area contributed by atoms with Crippen molar-refractivity contribution in [1.29, 1.82) is 0 Å². The monoisotopic (exact) mass is 425 g/mol. The van der Waals surface area contributed by atoms with Crippen molar-refractivity contribution in [3.63, 3.8) is 0 Å². The summed E-state index contributed by atoms with van der Waals surface area (Å²) in [6, 6.07) is 19.3. The highest BCUT2D eigenvalue weighted by atomic mass is 35.5. The van der Waals surface area contributed by atoms with Crippen molar-refractivity contribution in [1.82, 2.24) is 9.55 Å². The van der Waals surface area contributed by atoms with Crippen LogP contribution in [0.4, 0.5) is 5.82 Å². The molecule has 1 atom stereocenters. The van der Waals surface area contributed by atoms with Gasteiger partial charge in [0.1, 0.15) is 11.5 Å². The third kappa shape index (κ3) is 4.23. The highest BCUT2D eigenvalue weighted by molar-refractivity contribution is 6.10. The van der Waals surface area contributed by atoms with Gasteiger partial charge in [-0.2, -0.15) is 0 Å². The lowest BCUT2D eigenvalue weighted by Gasteiger charge is -2.15. The maximum Gasteiger partial charge on any atom is 0.252 e. The zero-order valence-electron chi connectivity index (χ0n) is 16.3. The van der Waals surface area contributed by atoms with Gasteiger partial charge in [0.15, 0.2) is 0 Å². The summed E-state index contributed by atoms with van der Waals surface area (Å²) in [7, 11) is 0. The van der Waals surface area contributed by atoms with Crippen molar-refractivity contribution in [2.75, 3.05) is 12.3 Å². The average Bonchev–Trinajstić information content (AvgIpc) is 3.01. The van der Waals surface area contributed by atoms with Crippen LogP contribution in [0.5, 0.6) is 0 Å². The van der Waals surface area contributed by atoms with Crippen LogP contribution in [0, 0.1) is 0 Å². The van der Waals surface area contributed by atoms with Gasteiger partial charge in [-0.05, 0) is 17.7 Å². The van der Waals surface area contributed by atoms with E-state index in [1.807, 2.05) is 59.2 Å². The number of hydrogen-bond donors (Lipinski definition) is 3. The van der Waals surface area contributed by atoms with Gasteiger partial charge in [0.25, 0.3) is 5.91 Å². The van der Waals surface area contributed by atoms with Crippen LogP contribution in [0.2, 0.25) is 0 Å². The Hall–Kier alpha value is -3.13. The molecule has 0 saturated carbocycles. The Morgan fingerprint density at radius 3 is 2.50 bits per heavy atom. The third-order valence-corrected chi connectivity index (χ3v) is 4.90. The first-order valence-electron chi connectivity index (χ1n) is 9.39. The molecule has 0 saturated heterocycles. The SMILES string of the molecule is Cl.NC(=O)c1cc2c3ccccc3n(C[C@@H](N)COCc3ccccc3)c2nc1N. The highest BCUT2D eigenvalue weighted by Crippen LogP contribution is 2.30. The third-order valence-electron chi connectivity index (χ3n) is 4.90. The molecule has 156 valence electrons. The Labute approximate surface area is 180 Å². The summed E-state index contributed by atoms with van der Waals surface area (Å²) in [5, 5.41) is 1.79. The summed E-state index contributed by atoms with van der Waals surface area (Å²) in [5.41, 5.74) is 20.7. The molecule has 2 aromatic heterocycles. The van der Waals surface area contributed by atoms with Gasteiger partial charge in [0.2, 0.25) is 0 Å². The largest absolute Gasteiger partial charge is 0.383 e. The van der Waals surface area contributed by atoms with Crippen LogP contribution >= 0.6 is 12.4 Å². The van der Waals surface area contributed by atoms with E-state index >= 15 is 0 Å². The van der Waals surface area contributed by atoms with Crippen molar-refractivity contribution in [3.8, 4) is 0 Å². The average molecular weight is 426 g/mol. The van der Waals surface area contributed by atoms with Crippen LogP contribution in [-0.2, 0) is 17.9 Å². The number of hydrogen-bond acceptors (Lipinski definition) is 5. The molecule has 0 aliphatic rings. The van der Waals surface area contributed by atoms with Gasteiger partial charge in [-0.15, -0.1) is 12.4 Å². The van der Waals surface area contributed by atoms with Gasteiger partial charge >= 0.3 is 0 Å². The predicted molar refractivity (Wildman–Crippen MR) is 121 cm³/mol. The Morgan fingerprint density at radius 1 is 1.07 bits per heavy atom. The fourth-order valence-corrected chi connectivity index (χ4v) is 3.54. The molecular weight excluding hydrogens is 402 g/mol. The molecule has 1 amide bonds. The number of amides is 1. The maximum absolute atomic E-state index is 11.7. The van der Waals surface area contributed by atoms with Crippen molar-refractivity contribution in [3.05, 3.63) is 71.8 Å². The molecule has 0 bridgehead atoms. The predicted octanol–water partition coefficient (Wildman–Crippen LogP) is 2.84. The molecule has 6 N–H and O–H groups in total. The number of anilines is 1. The van der Waals surface area contributed by atoms with Gasteiger partial charge in [-0.25, -0.2) is 4.98 Å². The van der Waals surface area contributed by atoms with Crippen LogP contribution in [0.3, 0.4) is 0 Å². The van der Waals surface area contributed by atoms with E-state index in [9.17, 15) is 4.79 Å². The number of rotatable bonds is 7. The smallest absolute Gasteiger partial charge is 0.252 e. The van der Waals surface area contributed by atoms with Crippen LogP contribution in [-0.4, -0.2) is 28.1 Å². The van der Waals surface area contributed by atoms with Crippen LogP contribution < -0.4 is 17.2 Å². The quantitative estimate of drug-likeness (QED) is 0.420. The zero-order chi connectivity index (χ0) is 20.4. The van der Waals surface area contributed by atoms with E-state index in [4.69, 9.17) is 21.9 Å². The van der Waals surface area contributed by atoms with E-state index < -0.39 is 5.91 Å². The van der Waals surface area contributed by atoms with Gasteiger partial charge in [0, 0.05) is 23.4 Å². The standard InChI is InChI=1S/C22H23N5O2.ClH/c23-15(13-29-12-14-6-2-1-3-7-14)11-27-19-9-5-4-8-16(19)17-10-18(21(25)28)20(24)26-22(17)27;/h1-10,15H,11-13,23H2,(H2,24,26)(H2,25,28);1H/t15-;/m1./s1. The molecule has 4 aromatic rings. The molecule has 4 rings (SSSR count). The summed E-state index contributed by atoms with van der Waals surface area (Å²) in [6.45, 7) is 1.41. The van der Waals surface area contributed by atoms with Gasteiger partial charge in [0.05, 0.1) is 24.3 Å². The van der Waals surface area contributed by atoms with Crippen molar-refractivity contribution >= 4 is 46.1 Å². The van der Waals surface area contributed by atoms with Crippen LogP contribution in [0.1, 0.15) is 15.9 Å². The van der Waals surface area contributed by atoms with Gasteiger partial charge in [-0.3, -0.25) is 4.79 Å². The lowest BCUT2D eigenvalue weighted by Crippen LogP contribution is -2.31. The van der Waals surface area contributed by atoms with Crippen molar-refractivity contribution in [2.24, 2.45) is 11.5 Å². The summed E-state index contributed by atoms with van der Waals surface area (Å²) in [6.07, 6.45) is 0. The number of halogens is 1. The number of nitrogens with zero attached hydrogens (tertiary/aromatic N) is 2. The molecule has 0 fully saturated rings. The van der Waals surface area contributed by atoms with E-state index in [0.717, 1.165) is 21.9 Å². The molecular formula is C22H24ClN5O2. The van der Waals surface area contributed by atoms with Crippen molar-refractivity contribution in [2.45, 2.75) is 19.2 Å². The fraction of sp³-hybridized carbons (Fsp3) is 0.182. The van der Waals surface area contributed by atoms with Crippen molar-refractivity contribution < 1.29 is 9.53 Å². The van der Waals surface area contributed by atoms with Crippen LogP contribution in [0.25, 0.3) is 21.9 Å². The molecule has 2 aromatic carbocycles. The summed E-state index contributed by atoms with van der Waals surface area (Å²) in [4.78, 5) is 16.1. The van der Waals surface area contributed by atoms with E-state index in [0.29, 0.717) is 25.4 Å². The minimum absolute atomic E-state index is 0. The number of primary amides is 1. The fourth-order valence-electron chi connectivity index (χ4n) is 3.54. The molecule has 30 heavy (non-hydrogen) atoms. The summed E-state index contributed by atoms with van der Waals surface area (Å²) >= 11 is 0. The molecule has 0 unspecified atom stereocenters. The Morgan fingerprint density at radius 2 is 1.77 bits per heavy atom. The lowest BCUT2D eigenvalue weighted by molar-refractivity contribution is 0.100. The molecule has 7 nitrogen and oxygen atoms in total. The van der Waals surface area contributed by atoms with E-state index in [1.165, 1.54) is 0 Å². The van der Waals surface area contributed by atoms with E-state index in [-0.39, 0.29) is 29.8 Å². The molecule has 2 heterocycles. The number of nitrogens with two attached hydrogens (primary N) is 3. The number of aromatic nitrogens is 2. The number of pyridine rings is 1. The van der Waals surface area contributed by atoms with Crippen LogP contribution in [0.15, 0.2) is 60.7 Å². The first-order valence-corrected chi connectivity index (χ1v) is 9.39. The second-order valence-electron chi connectivity index (χ2n) is 7.05. The summed E-state index contributed by atoms with van der Waals surface area (Å²) in [5.74, 6) is -0.484. The molecule has 8 heteroatoms. The Kier molecular flexibility index (Phi) is 6.56. The lowest BCUT2D eigenvalue weighted by atomic mass is 10.1. The van der Waals surface area contributed by atoms with E-state index in [2.05, 4.69) is 4.98 Å². The maximum atomic E-state index is 11.7. The Balaban J connectivity index is 0.00000256. The Bertz CT molecular complexity index is 1180. The number of benzene rings is 2. The number of nitrogen functional groups attached to an aromatic ring is 1. The topological polar surface area (TPSA) is 122 Å². The molecule has 0 aliphatic carbocycles. The molecule has 0 radical (unpaired) electrons. The first kappa shape index (κ1) is 21.6. The number of ether oxygens (including phenoxy) is 1. The van der Waals surface area contributed by atoms with Gasteiger partial charge < -0.3 is 26.5 Å². The van der Waals surface area contributed by atoms with E-state index in [1.54, 1.807) is 6.07 Å². The number of carbonyl (C=O) groups excluding carboxylic acids is 1. The summed E-state index contributed by atoms with van der Waals surface area (Å²) < 4.78 is 7.80. The molecule has 0 aliphatic heterocycles. The molecule has 0 spiro atoms. The minimum Gasteiger partial charge on any atom is -0.383 e.